The van der Waals surface area contributed by atoms with Crippen LogP contribution in [0.1, 0.15) is 17.1 Å². The molecule has 7 heteroatoms. The topological polar surface area (TPSA) is 68.3 Å². The highest BCUT2D eigenvalue weighted by Crippen LogP contribution is 2.21. The van der Waals surface area contributed by atoms with Crippen LogP contribution in [-0.2, 0) is 13.1 Å². The number of hydrogen-bond donors (Lipinski definition) is 1. The average Bonchev–Trinajstić information content (AvgIpc) is 2.77. The van der Waals surface area contributed by atoms with E-state index in [1.807, 2.05) is 0 Å². The lowest BCUT2D eigenvalue weighted by Gasteiger charge is -2.05. The molecule has 0 saturated heterocycles. The van der Waals surface area contributed by atoms with Crippen LogP contribution in [0.25, 0.3) is 0 Å². The summed E-state index contributed by atoms with van der Waals surface area (Å²) in [6, 6.07) is 4.98. The molecule has 5 nitrogen and oxygen atoms in total. The van der Waals surface area contributed by atoms with E-state index < -0.39 is 22.2 Å². The highest BCUT2D eigenvalue weighted by molar-refractivity contribution is 5.37. The van der Waals surface area contributed by atoms with Gasteiger partial charge in [0.05, 0.1) is 11.5 Å². The minimum absolute atomic E-state index is 0.0291. The van der Waals surface area contributed by atoms with Gasteiger partial charge in [0.2, 0.25) is 5.82 Å². The second kappa shape index (κ2) is 5.79. The van der Waals surface area contributed by atoms with Crippen molar-refractivity contribution in [1.29, 1.82) is 0 Å². The molecule has 2 aromatic rings. The second-order valence-electron chi connectivity index (χ2n) is 4.27. The van der Waals surface area contributed by atoms with E-state index in [-0.39, 0.29) is 12.1 Å². The molecule has 0 unspecified atom stereocenters. The second-order valence-corrected chi connectivity index (χ2v) is 4.27. The zero-order valence-electron chi connectivity index (χ0n) is 10.7. The van der Waals surface area contributed by atoms with Gasteiger partial charge in [-0.1, -0.05) is 0 Å². The third-order valence-electron chi connectivity index (χ3n) is 2.72. The molecule has 0 aliphatic rings. The molecular formula is C13H12F2N2O3. The zero-order chi connectivity index (χ0) is 14.7. The number of nitro groups is 1. The van der Waals surface area contributed by atoms with Crippen LogP contribution in [0.4, 0.5) is 14.5 Å². The maximum Gasteiger partial charge on any atom is 0.305 e. The normalized spacial score (nSPS) is 10.8. The first-order valence-corrected chi connectivity index (χ1v) is 5.85. The summed E-state index contributed by atoms with van der Waals surface area (Å²) < 4.78 is 32.0. The molecule has 0 aliphatic heterocycles. The lowest BCUT2D eigenvalue weighted by Crippen LogP contribution is -2.14. The molecule has 1 N–H and O–H groups in total. The molecule has 1 heterocycles. The summed E-state index contributed by atoms with van der Waals surface area (Å²) >= 11 is 0. The molecular weight excluding hydrogens is 270 g/mol. The molecule has 0 radical (unpaired) electrons. The Morgan fingerprint density at radius 3 is 2.60 bits per heavy atom. The fraction of sp³-hybridized carbons (Fsp3) is 0.231. The van der Waals surface area contributed by atoms with Gasteiger partial charge in [-0.25, -0.2) is 4.39 Å². The van der Waals surface area contributed by atoms with Crippen molar-refractivity contribution < 1.29 is 18.1 Å². The molecule has 0 atom stereocenters. The SMILES string of the molecule is Cc1ccc(CNCc2cc([N+](=O)[O-])c(F)cc2F)o1. The smallest absolute Gasteiger partial charge is 0.305 e. The Morgan fingerprint density at radius 2 is 2.00 bits per heavy atom. The first-order valence-electron chi connectivity index (χ1n) is 5.85. The predicted molar refractivity (Wildman–Crippen MR) is 67.0 cm³/mol. The van der Waals surface area contributed by atoms with Crippen LogP contribution in [0.3, 0.4) is 0 Å². The standard InChI is InChI=1S/C13H12F2N2O3/c1-8-2-3-10(20-8)7-16-6-9-4-13(17(18)19)12(15)5-11(9)14/h2-5,16H,6-7H2,1H3. The number of rotatable bonds is 5. The van der Waals surface area contributed by atoms with E-state index in [9.17, 15) is 18.9 Å². The molecule has 0 fully saturated rings. The summed E-state index contributed by atoms with van der Waals surface area (Å²) in [5, 5.41) is 13.5. The maximum absolute atomic E-state index is 13.5. The Hall–Kier alpha value is -2.28. The summed E-state index contributed by atoms with van der Waals surface area (Å²) in [6.07, 6.45) is 0. The summed E-state index contributed by atoms with van der Waals surface area (Å²) in [5.41, 5.74) is -0.710. The van der Waals surface area contributed by atoms with Crippen LogP contribution in [0.2, 0.25) is 0 Å². The Balaban J connectivity index is 2.05. The number of nitro benzene ring substituents is 1. The number of furan rings is 1. The number of benzene rings is 1. The number of aryl methyl sites for hydroxylation is 1. The van der Waals surface area contributed by atoms with Gasteiger partial charge in [0.15, 0.2) is 0 Å². The Morgan fingerprint density at radius 1 is 1.25 bits per heavy atom. The van der Waals surface area contributed by atoms with Gasteiger partial charge in [-0.3, -0.25) is 10.1 Å². The van der Waals surface area contributed by atoms with Gasteiger partial charge in [0, 0.05) is 24.2 Å². The molecule has 106 valence electrons. The first-order chi connectivity index (χ1) is 9.47. The van der Waals surface area contributed by atoms with Crippen LogP contribution in [0.15, 0.2) is 28.7 Å². The predicted octanol–water partition coefficient (Wildman–Crippen LogP) is 3.06. The van der Waals surface area contributed by atoms with Crippen molar-refractivity contribution in [3.8, 4) is 0 Å². The minimum atomic E-state index is -1.18. The molecule has 0 amide bonds. The fourth-order valence-corrected chi connectivity index (χ4v) is 1.76. The molecule has 0 saturated carbocycles. The fourth-order valence-electron chi connectivity index (χ4n) is 1.76. The van der Waals surface area contributed by atoms with Crippen LogP contribution in [0, 0.1) is 28.7 Å². The van der Waals surface area contributed by atoms with Gasteiger partial charge >= 0.3 is 5.69 Å². The van der Waals surface area contributed by atoms with Crippen molar-refractivity contribution in [2.75, 3.05) is 0 Å². The van der Waals surface area contributed by atoms with Gasteiger partial charge < -0.3 is 9.73 Å². The molecule has 0 aliphatic carbocycles. The van der Waals surface area contributed by atoms with Crippen molar-refractivity contribution in [2.24, 2.45) is 0 Å². The highest BCUT2D eigenvalue weighted by atomic mass is 19.1. The third-order valence-corrected chi connectivity index (χ3v) is 2.72. The molecule has 2 rings (SSSR count). The molecule has 0 spiro atoms. The number of halogens is 2. The van der Waals surface area contributed by atoms with Gasteiger partial charge in [-0.05, 0) is 19.1 Å². The van der Waals surface area contributed by atoms with E-state index in [1.54, 1.807) is 19.1 Å². The Labute approximate surface area is 113 Å². The number of hydrogen-bond acceptors (Lipinski definition) is 4. The van der Waals surface area contributed by atoms with E-state index in [0.29, 0.717) is 18.4 Å². The van der Waals surface area contributed by atoms with E-state index in [0.717, 1.165) is 11.8 Å². The maximum atomic E-state index is 13.5. The van der Waals surface area contributed by atoms with Crippen molar-refractivity contribution in [3.63, 3.8) is 0 Å². The van der Waals surface area contributed by atoms with Crippen LogP contribution in [-0.4, -0.2) is 4.92 Å². The summed E-state index contributed by atoms with van der Waals surface area (Å²) in [6.45, 7) is 2.18. The van der Waals surface area contributed by atoms with Gasteiger partial charge in [0.25, 0.3) is 0 Å². The lowest BCUT2D eigenvalue weighted by molar-refractivity contribution is -0.387. The molecule has 1 aromatic carbocycles. The Bertz CT molecular complexity index is 641. The number of nitrogens with one attached hydrogen (secondary N) is 1. The first kappa shape index (κ1) is 14.1. The van der Waals surface area contributed by atoms with Crippen LogP contribution < -0.4 is 5.32 Å². The summed E-state index contributed by atoms with van der Waals surface area (Å²) in [7, 11) is 0. The largest absolute Gasteiger partial charge is 0.465 e. The van der Waals surface area contributed by atoms with Crippen molar-refractivity contribution in [2.45, 2.75) is 20.0 Å². The molecule has 20 heavy (non-hydrogen) atoms. The van der Waals surface area contributed by atoms with E-state index in [1.165, 1.54) is 0 Å². The summed E-state index contributed by atoms with van der Waals surface area (Å²) in [4.78, 5) is 9.71. The monoisotopic (exact) mass is 282 g/mol. The van der Waals surface area contributed by atoms with Gasteiger partial charge in [-0.15, -0.1) is 0 Å². The van der Waals surface area contributed by atoms with E-state index in [4.69, 9.17) is 4.42 Å². The average molecular weight is 282 g/mol. The van der Waals surface area contributed by atoms with E-state index >= 15 is 0 Å². The number of nitrogens with zero attached hydrogens (tertiary/aromatic N) is 1. The van der Waals surface area contributed by atoms with Gasteiger partial charge in [-0.2, -0.15) is 4.39 Å². The van der Waals surface area contributed by atoms with Crippen molar-refractivity contribution in [3.05, 3.63) is 63.1 Å². The lowest BCUT2D eigenvalue weighted by atomic mass is 10.1. The summed E-state index contributed by atoms with van der Waals surface area (Å²) in [5.74, 6) is -0.584. The van der Waals surface area contributed by atoms with E-state index in [2.05, 4.69) is 5.32 Å². The highest BCUT2D eigenvalue weighted by Gasteiger charge is 2.18. The molecule has 0 bridgehead atoms. The zero-order valence-corrected chi connectivity index (χ0v) is 10.7. The quantitative estimate of drug-likeness (QED) is 0.676. The minimum Gasteiger partial charge on any atom is -0.465 e. The Kier molecular flexibility index (Phi) is 4.09. The van der Waals surface area contributed by atoms with Crippen LogP contribution >= 0.6 is 0 Å². The van der Waals surface area contributed by atoms with Crippen LogP contribution in [0.5, 0.6) is 0 Å². The van der Waals surface area contributed by atoms with Gasteiger partial charge in [0.1, 0.15) is 17.3 Å². The van der Waals surface area contributed by atoms with Crippen molar-refractivity contribution >= 4 is 5.69 Å². The molecule has 1 aromatic heterocycles. The van der Waals surface area contributed by atoms with Crippen molar-refractivity contribution in [1.82, 2.24) is 5.32 Å². The third kappa shape index (κ3) is 3.18.